The Balaban J connectivity index is 1.96. The molecule has 4 nitrogen and oxygen atoms in total. The summed E-state index contributed by atoms with van der Waals surface area (Å²) in [4.78, 5) is 12.0. The van der Waals surface area contributed by atoms with Crippen molar-refractivity contribution >= 4 is 31.7 Å². The second-order valence-electron chi connectivity index (χ2n) is 4.35. The summed E-state index contributed by atoms with van der Waals surface area (Å²) in [5, 5.41) is 12.6. The number of nitrogens with one attached hydrogen (secondary N) is 1. The molecule has 0 bridgehead atoms. The Labute approximate surface area is 130 Å². The Morgan fingerprint density at radius 2 is 1.90 bits per heavy atom. The maximum atomic E-state index is 12.0. The molecule has 0 saturated carbocycles. The van der Waals surface area contributed by atoms with Crippen LogP contribution in [0, 0.1) is 0 Å². The van der Waals surface area contributed by atoms with Gasteiger partial charge in [-0.25, -0.2) is 0 Å². The number of benzene rings is 2. The van der Waals surface area contributed by atoms with Gasteiger partial charge in [-0.3, -0.25) is 0 Å². The number of ether oxygens (including phenoxy) is 1. The molecule has 0 saturated heterocycles. The van der Waals surface area contributed by atoms with Gasteiger partial charge in [-0.1, -0.05) is 0 Å². The predicted molar refractivity (Wildman–Crippen MR) is 84.2 cm³/mol. The molecule has 2 aromatic carbocycles. The molecule has 5 heteroatoms. The molecule has 2 N–H and O–H groups in total. The zero-order valence-corrected chi connectivity index (χ0v) is 13.6. The fraction of sp³-hybridized carbons (Fsp3) is 0.188. The topological polar surface area (TPSA) is 58.6 Å². The van der Waals surface area contributed by atoms with Crippen LogP contribution in [0.15, 0.2) is 48.5 Å². The van der Waals surface area contributed by atoms with E-state index in [-0.39, 0.29) is 28.3 Å². The monoisotopic (exact) mass is 346 g/mol. The summed E-state index contributed by atoms with van der Waals surface area (Å²) in [7, 11) is 1.58. The third kappa shape index (κ3) is 4.35. The number of para-hydroxylation sites is 2. The number of carbonyl (C=O) groups is 1. The van der Waals surface area contributed by atoms with Crippen molar-refractivity contribution in [2.24, 2.45) is 0 Å². The van der Waals surface area contributed by atoms with Gasteiger partial charge in [0.2, 0.25) is 0 Å². The van der Waals surface area contributed by atoms with E-state index in [1.807, 2.05) is 48.5 Å². The number of carbonyl (C=O) groups excluding carboxylic acids is 1. The number of aliphatic hydroxyl groups is 1. The molecule has 0 aliphatic rings. The maximum absolute atomic E-state index is 12.0. The van der Waals surface area contributed by atoms with E-state index >= 15 is 0 Å². The Kier molecular flexibility index (Phi) is 5.85. The van der Waals surface area contributed by atoms with Crippen LogP contribution in [0.2, 0.25) is 5.21 Å². The molecular weight excluding hydrogens is 329 g/mol. The molecule has 0 unspecified atom stereocenters. The summed E-state index contributed by atoms with van der Waals surface area (Å²) in [6.07, 6.45) is 0. The van der Waals surface area contributed by atoms with Crippen LogP contribution in [-0.4, -0.2) is 33.9 Å². The Morgan fingerprint density at radius 1 is 1.19 bits per heavy atom. The number of rotatable bonds is 6. The Hall–Kier alpha value is -1.77. The molecule has 109 valence electrons. The minimum atomic E-state index is -0.310. The first-order valence-corrected chi connectivity index (χ1v) is 8.80. The van der Waals surface area contributed by atoms with E-state index in [4.69, 9.17) is 4.74 Å². The van der Waals surface area contributed by atoms with E-state index in [2.05, 4.69) is 5.32 Å². The normalized spacial score (nSPS) is 10.8. The molecular formula is C16H17AsNO3. The summed E-state index contributed by atoms with van der Waals surface area (Å²) >= 11 is -0.310. The number of hydrogen-bond donors (Lipinski definition) is 2. The second kappa shape index (κ2) is 7.86. The van der Waals surface area contributed by atoms with Crippen molar-refractivity contribution in [3.05, 3.63) is 54.1 Å². The molecule has 0 heterocycles. The van der Waals surface area contributed by atoms with Crippen molar-refractivity contribution in [1.29, 1.82) is 0 Å². The van der Waals surface area contributed by atoms with Crippen molar-refractivity contribution in [3.8, 4) is 5.75 Å². The molecule has 21 heavy (non-hydrogen) atoms. The summed E-state index contributed by atoms with van der Waals surface area (Å²) < 4.78 is 6.29. The van der Waals surface area contributed by atoms with E-state index < -0.39 is 0 Å². The van der Waals surface area contributed by atoms with Crippen LogP contribution in [0.3, 0.4) is 0 Å². The van der Waals surface area contributed by atoms with Crippen molar-refractivity contribution < 1.29 is 14.6 Å². The van der Waals surface area contributed by atoms with Crippen LogP contribution in [0.1, 0.15) is 5.56 Å². The molecule has 0 spiro atoms. The van der Waals surface area contributed by atoms with E-state index in [1.54, 1.807) is 7.11 Å². The molecule has 0 aliphatic heterocycles. The fourth-order valence-electron chi connectivity index (χ4n) is 1.89. The van der Waals surface area contributed by atoms with E-state index in [0.29, 0.717) is 16.6 Å². The molecule has 0 aliphatic carbocycles. The molecule has 0 aromatic heterocycles. The van der Waals surface area contributed by atoms with Crippen LogP contribution < -0.4 is 14.4 Å². The number of aliphatic hydroxyl groups excluding tert-OH is 1. The van der Waals surface area contributed by atoms with E-state index in [1.165, 1.54) is 0 Å². The average Bonchev–Trinajstić information content (AvgIpc) is 2.53. The number of methoxy groups -OCH3 is 1. The first-order chi connectivity index (χ1) is 10.2. The van der Waals surface area contributed by atoms with Crippen LogP contribution in [0.25, 0.3) is 0 Å². The van der Waals surface area contributed by atoms with Gasteiger partial charge in [-0.15, -0.1) is 0 Å². The van der Waals surface area contributed by atoms with E-state index in [0.717, 1.165) is 9.91 Å². The Morgan fingerprint density at radius 3 is 2.67 bits per heavy atom. The van der Waals surface area contributed by atoms with Crippen LogP contribution >= 0.6 is 0 Å². The molecule has 2 aromatic rings. The molecule has 0 atom stereocenters. The molecule has 1 amide bonds. The number of anilines is 1. The molecule has 2 rings (SSSR count). The first-order valence-electron chi connectivity index (χ1n) is 6.53. The van der Waals surface area contributed by atoms with Crippen molar-refractivity contribution in [2.45, 2.75) is 11.8 Å². The predicted octanol–water partition coefficient (Wildman–Crippen LogP) is 1.57. The SMILES string of the molecule is COc1ccccc1NC(=O)C[As]c1ccccc1CO. The first kappa shape index (κ1) is 15.6. The average molecular weight is 346 g/mol. The van der Waals surface area contributed by atoms with Gasteiger partial charge >= 0.3 is 130 Å². The summed E-state index contributed by atoms with van der Waals surface area (Å²) in [6, 6.07) is 15.0. The van der Waals surface area contributed by atoms with Gasteiger partial charge in [0.05, 0.1) is 0 Å². The number of amides is 1. The second-order valence-corrected chi connectivity index (χ2v) is 6.69. The third-order valence-corrected chi connectivity index (χ3v) is 5.50. The van der Waals surface area contributed by atoms with Gasteiger partial charge < -0.3 is 0 Å². The van der Waals surface area contributed by atoms with Crippen molar-refractivity contribution in [1.82, 2.24) is 0 Å². The molecule has 0 fully saturated rings. The number of hydrogen-bond acceptors (Lipinski definition) is 3. The zero-order chi connectivity index (χ0) is 15.1. The van der Waals surface area contributed by atoms with Crippen LogP contribution in [0.4, 0.5) is 5.69 Å². The van der Waals surface area contributed by atoms with Crippen molar-refractivity contribution in [3.63, 3.8) is 0 Å². The fourth-order valence-corrected chi connectivity index (χ4v) is 3.85. The van der Waals surface area contributed by atoms with Gasteiger partial charge in [0.25, 0.3) is 0 Å². The van der Waals surface area contributed by atoms with Crippen LogP contribution in [0.5, 0.6) is 5.75 Å². The van der Waals surface area contributed by atoms with E-state index in [9.17, 15) is 9.90 Å². The minimum absolute atomic E-state index is 0.0138. The van der Waals surface area contributed by atoms with Gasteiger partial charge in [0.1, 0.15) is 0 Å². The summed E-state index contributed by atoms with van der Waals surface area (Å²) in [6.45, 7) is 0.0138. The van der Waals surface area contributed by atoms with Crippen molar-refractivity contribution in [2.75, 3.05) is 12.4 Å². The molecule has 1 radical (unpaired) electrons. The Bertz CT molecular complexity index is 616. The summed E-state index contributed by atoms with van der Waals surface area (Å²) in [5.74, 6) is 0.616. The standard InChI is InChI=1S/C16H17AsNO3/c1-21-15-9-5-4-8-14(15)18-16(20)10-17-13-7-3-2-6-12(13)11-19/h2-9,19H,10-11H2,1H3,(H,18,20). The van der Waals surface area contributed by atoms with Gasteiger partial charge in [-0.05, 0) is 0 Å². The van der Waals surface area contributed by atoms with Crippen LogP contribution in [-0.2, 0) is 11.4 Å². The summed E-state index contributed by atoms with van der Waals surface area (Å²) in [5.41, 5.74) is 1.59. The van der Waals surface area contributed by atoms with Gasteiger partial charge in [0, 0.05) is 0 Å². The van der Waals surface area contributed by atoms with Gasteiger partial charge in [-0.2, -0.15) is 0 Å². The van der Waals surface area contributed by atoms with Gasteiger partial charge in [0.15, 0.2) is 0 Å². The zero-order valence-electron chi connectivity index (χ0n) is 11.7. The third-order valence-electron chi connectivity index (χ3n) is 2.94. The quantitative estimate of drug-likeness (QED) is 0.781.